The van der Waals surface area contributed by atoms with Crippen LogP contribution in [0.1, 0.15) is 34.8 Å². The molecule has 0 fully saturated rings. The number of halogens is 1. The van der Waals surface area contributed by atoms with Crippen molar-refractivity contribution in [1.29, 1.82) is 0 Å². The Labute approximate surface area is 169 Å². The van der Waals surface area contributed by atoms with Crippen LogP contribution in [-0.2, 0) is 13.0 Å². The molecule has 2 aromatic rings. The van der Waals surface area contributed by atoms with Crippen LogP contribution < -0.4 is 16.4 Å². The largest absolute Gasteiger partial charge is 0.366 e. The third-order valence-corrected chi connectivity index (χ3v) is 4.96. The van der Waals surface area contributed by atoms with Gasteiger partial charge in [0.05, 0.1) is 0 Å². The van der Waals surface area contributed by atoms with Crippen molar-refractivity contribution >= 4 is 27.8 Å². The highest BCUT2D eigenvalue weighted by atomic mass is 79.9. The van der Waals surface area contributed by atoms with Gasteiger partial charge in [-0.1, -0.05) is 53.5 Å². The fourth-order valence-corrected chi connectivity index (χ4v) is 3.24. The summed E-state index contributed by atoms with van der Waals surface area (Å²) in [5.41, 5.74) is 8.17. The lowest BCUT2D eigenvalue weighted by atomic mass is 9.97. The fourth-order valence-electron chi connectivity index (χ4n) is 2.79. The molecule has 0 aliphatic rings. The molecule has 0 saturated carbocycles. The molecule has 0 aliphatic heterocycles. The first-order valence-corrected chi connectivity index (χ1v) is 9.88. The van der Waals surface area contributed by atoms with Gasteiger partial charge in [-0.3, -0.25) is 9.79 Å². The first-order valence-electron chi connectivity index (χ1n) is 9.09. The smallest absolute Gasteiger partial charge is 0.248 e. The maximum atomic E-state index is 11.1. The highest BCUT2D eigenvalue weighted by molar-refractivity contribution is 9.10. The van der Waals surface area contributed by atoms with E-state index in [9.17, 15) is 4.79 Å². The minimum absolute atomic E-state index is 0.414. The molecule has 2 aromatic carbocycles. The number of nitrogens with one attached hydrogen (secondary N) is 2. The van der Waals surface area contributed by atoms with Crippen molar-refractivity contribution in [2.45, 2.75) is 26.3 Å². The number of rotatable bonds is 8. The number of primary amides is 1. The normalized spacial score (nSPS) is 12.5. The van der Waals surface area contributed by atoms with Crippen molar-refractivity contribution in [2.75, 3.05) is 13.6 Å². The second-order valence-electron chi connectivity index (χ2n) is 6.48. The van der Waals surface area contributed by atoms with Crippen LogP contribution in [0.4, 0.5) is 0 Å². The van der Waals surface area contributed by atoms with Gasteiger partial charge in [-0.2, -0.15) is 0 Å². The van der Waals surface area contributed by atoms with Crippen LogP contribution in [0.5, 0.6) is 0 Å². The molecule has 2 rings (SSSR count). The number of aliphatic imine (C=N–C) groups is 1. The summed E-state index contributed by atoms with van der Waals surface area (Å²) in [5, 5.41) is 6.71. The van der Waals surface area contributed by atoms with Gasteiger partial charge in [-0.25, -0.2) is 0 Å². The molecule has 0 heterocycles. The zero-order valence-corrected chi connectivity index (χ0v) is 17.4. The van der Waals surface area contributed by atoms with E-state index in [1.165, 1.54) is 5.56 Å². The number of guanidine groups is 1. The van der Waals surface area contributed by atoms with Crippen LogP contribution in [0.15, 0.2) is 58.0 Å². The molecule has 0 radical (unpaired) electrons. The van der Waals surface area contributed by atoms with Gasteiger partial charge in [0.1, 0.15) is 0 Å². The average molecular weight is 431 g/mol. The quantitative estimate of drug-likeness (QED) is 0.442. The van der Waals surface area contributed by atoms with E-state index >= 15 is 0 Å². The first-order chi connectivity index (χ1) is 13.0. The van der Waals surface area contributed by atoms with Crippen molar-refractivity contribution in [3.8, 4) is 0 Å². The monoisotopic (exact) mass is 430 g/mol. The number of hydrogen-bond donors (Lipinski definition) is 3. The highest BCUT2D eigenvalue weighted by Gasteiger charge is 2.09. The molecular weight excluding hydrogens is 404 g/mol. The molecule has 4 N–H and O–H groups in total. The van der Waals surface area contributed by atoms with E-state index in [1.54, 1.807) is 19.2 Å². The summed E-state index contributed by atoms with van der Waals surface area (Å²) in [6.45, 7) is 3.69. The molecule has 0 aliphatic carbocycles. The van der Waals surface area contributed by atoms with E-state index in [1.807, 2.05) is 18.2 Å². The molecule has 1 amide bonds. The summed E-state index contributed by atoms with van der Waals surface area (Å²) >= 11 is 3.53. The molecule has 27 heavy (non-hydrogen) atoms. The number of carbonyl (C=O) groups is 1. The fraction of sp³-hybridized carbons (Fsp3) is 0.333. The number of nitrogens with two attached hydrogens (primary N) is 1. The van der Waals surface area contributed by atoms with Gasteiger partial charge >= 0.3 is 0 Å². The summed E-state index contributed by atoms with van der Waals surface area (Å²) in [6, 6.07) is 15.7. The van der Waals surface area contributed by atoms with Crippen LogP contribution >= 0.6 is 15.9 Å². The van der Waals surface area contributed by atoms with Gasteiger partial charge in [0, 0.05) is 30.2 Å². The van der Waals surface area contributed by atoms with Gasteiger partial charge in [-0.15, -0.1) is 0 Å². The zero-order valence-electron chi connectivity index (χ0n) is 15.8. The zero-order chi connectivity index (χ0) is 19.6. The van der Waals surface area contributed by atoms with Crippen molar-refractivity contribution < 1.29 is 4.79 Å². The van der Waals surface area contributed by atoms with Gasteiger partial charge in [0.15, 0.2) is 5.96 Å². The lowest BCUT2D eigenvalue weighted by molar-refractivity contribution is 0.100. The van der Waals surface area contributed by atoms with E-state index in [0.29, 0.717) is 18.0 Å². The van der Waals surface area contributed by atoms with Crippen molar-refractivity contribution in [2.24, 2.45) is 16.6 Å². The van der Waals surface area contributed by atoms with Crippen LogP contribution in [0.25, 0.3) is 0 Å². The molecule has 0 saturated heterocycles. The summed E-state index contributed by atoms with van der Waals surface area (Å²) in [5.74, 6) is 0.873. The van der Waals surface area contributed by atoms with Gasteiger partial charge < -0.3 is 16.4 Å². The van der Waals surface area contributed by atoms with E-state index in [4.69, 9.17) is 5.73 Å². The molecule has 5 nitrogen and oxygen atoms in total. The third-order valence-electron chi connectivity index (χ3n) is 4.47. The van der Waals surface area contributed by atoms with Crippen LogP contribution in [-0.4, -0.2) is 25.5 Å². The second kappa shape index (κ2) is 10.7. The average Bonchev–Trinajstić information content (AvgIpc) is 2.67. The summed E-state index contributed by atoms with van der Waals surface area (Å²) in [6.07, 6.45) is 2.11. The molecule has 6 heteroatoms. The Kier molecular flexibility index (Phi) is 8.33. The standard InChI is InChI=1S/C21H27BrN4O/c1-3-15(11-17-5-4-6-19(22)12-17)13-25-21(24-2)26-14-16-7-9-18(10-8-16)20(23)27/h4-10,12,15H,3,11,13-14H2,1-2H3,(H2,23,27)(H2,24,25,26). The highest BCUT2D eigenvalue weighted by Crippen LogP contribution is 2.16. The topological polar surface area (TPSA) is 79.5 Å². The SMILES string of the molecule is CCC(CNC(=NC)NCc1ccc(C(N)=O)cc1)Cc1cccc(Br)c1. The third kappa shape index (κ3) is 7.06. The molecule has 1 unspecified atom stereocenters. The maximum Gasteiger partial charge on any atom is 0.248 e. The lowest BCUT2D eigenvalue weighted by Crippen LogP contribution is -2.39. The Balaban J connectivity index is 1.83. The number of nitrogens with zero attached hydrogens (tertiary/aromatic N) is 1. The first kappa shape index (κ1) is 21.0. The lowest BCUT2D eigenvalue weighted by Gasteiger charge is -2.18. The molecule has 0 spiro atoms. The van der Waals surface area contributed by atoms with Crippen LogP contribution in [0.2, 0.25) is 0 Å². The molecule has 0 bridgehead atoms. The predicted octanol–water partition coefficient (Wildman–Crippen LogP) is 3.48. The Bertz CT molecular complexity index is 774. The van der Waals surface area contributed by atoms with Crippen LogP contribution in [0.3, 0.4) is 0 Å². The van der Waals surface area contributed by atoms with Gasteiger partial charge in [0.2, 0.25) is 5.91 Å². The Morgan fingerprint density at radius 3 is 2.48 bits per heavy atom. The van der Waals surface area contributed by atoms with Gasteiger partial charge in [-0.05, 0) is 47.7 Å². The maximum absolute atomic E-state index is 11.1. The molecule has 144 valence electrons. The van der Waals surface area contributed by atoms with Crippen molar-refractivity contribution in [3.63, 3.8) is 0 Å². The number of amides is 1. The Morgan fingerprint density at radius 2 is 1.89 bits per heavy atom. The van der Waals surface area contributed by atoms with Crippen molar-refractivity contribution in [1.82, 2.24) is 10.6 Å². The Morgan fingerprint density at radius 1 is 1.15 bits per heavy atom. The molecule has 0 aromatic heterocycles. The van der Waals surface area contributed by atoms with E-state index in [-0.39, 0.29) is 0 Å². The summed E-state index contributed by atoms with van der Waals surface area (Å²) < 4.78 is 1.11. The number of benzene rings is 2. The predicted molar refractivity (Wildman–Crippen MR) is 115 cm³/mol. The van der Waals surface area contributed by atoms with E-state index < -0.39 is 5.91 Å². The molecular formula is C21H27BrN4O. The number of carbonyl (C=O) groups excluding carboxylic acids is 1. The molecule has 1 atom stereocenters. The van der Waals surface area contributed by atoms with Crippen molar-refractivity contribution in [3.05, 3.63) is 69.7 Å². The van der Waals surface area contributed by atoms with E-state index in [2.05, 4.69) is 56.7 Å². The Hall–Kier alpha value is -2.34. The van der Waals surface area contributed by atoms with Crippen LogP contribution in [0, 0.1) is 5.92 Å². The second-order valence-corrected chi connectivity index (χ2v) is 7.39. The minimum atomic E-state index is -0.414. The summed E-state index contributed by atoms with van der Waals surface area (Å²) in [7, 11) is 1.76. The van der Waals surface area contributed by atoms with E-state index in [0.717, 1.165) is 35.4 Å². The summed E-state index contributed by atoms with van der Waals surface area (Å²) in [4.78, 5) is 15.4. The number of hydrogen-bond acceptors (Lipinski definition) is 2. The minimum Gasteiger partial charge on any atom is -0.366 e. The van der Waals surface area contributed by atoms with Gasteiger partial charge in [0.25, 0.3) is 0 Å².